The van der Waals surface area contributed by atoms with Gasteiger partial charge in [0.15, 0.2) is 5.13 Å². The number of piperazine rings is 1. The third kappa shape index (κ3) is 2.08. The summed E-state index contributed by atoms with van der Waals surface area (Å²) in [5.74, 6) is 0.134. The van der Waals surface area contributed by atoms with Crippen LogP contribution in [-0.4, -0.2) is 47.2 Å². The Balaban J connectivity index is 2.12. The lowest BCUT2D eigenvalue weighted by Gasteiger charge is -2.42. The predicted octanol–water partition coefficient (Wildman–Crippen LogP) is 1.38. The van der Waals surface area contributed by atoms with Gasteiger partial charge in [0.05, 0.1) is 5.38 Å². The summed E-state index contributed by atoms with van der Waals surface area (Å²) in [7, 11) is 2.16. The van der Waals surface area contributed by atoms with Gasteiger partial charge in [-0.1, -0.05) is 0 Å². The van der Waals surface area contributed by atoms with Gasteiger partial charge in [0.1, 0.15) is 0 Å². The summed E-state index contributed by atoms with van der Waals surface area (Å²) in [5.41, 5.74) is 0. The maximum Gasteiger partial charge on any atom is 0.223 e. The average Bonchev–Trinajstić information content (AvgIpc) is 2.60. The van der Waals surface area contributed by atoms with Crippen molar-refractivity contribution >= 4 is 16.5 Å². The lowest BCUT2D eigenvalue weighted by Crippen LogP contribution is -2.55. The second kappa shape index (κ2) is 3.98. The summed E-state index contributed by atoms with van der Waals surface area (Å²) in [4.78, 5) is 8.74. The quantitative estimate of drug-likeness (QED) is 0.787. The zero-order chi connectivity index (χ0) is 11.0. The third-order valence-corrected chi connectivity index (χ3v) is 4.00. The minimum Gasteiger partial charge on any atom is -0.493 e. The number of anilines is 1. The molecule has 0 unspecified atom stereocenters. The summed E-state index contributed by atoms with van der Waals surface area (Å²) in [5, 5.41) is 11.8. The average molecular weight is 227 g/mol. The molecule has 0 spiro atoms. The summed E-state index contributed by atoms with van der Waals surface area (Å²) in [6, 6.07) is 1.06. The number of rotatable bonds is 1. The van der Waals surface area contributed by atoms with Crippen LogP contribution in [0.2, 0.25) is 0 Å². The van der Waals surface area contributed by atoms with Crippen molar-refractivity contribution in [1.29, 1.82) is 0 Å². The number of aromatic hydroxyl groups is 1. The Morgan fingerprint density at radius 1 is 1.40 bits per heavy atom. The van der Waals surface area contributed by atoms with Gasteiger partial charge in [0.25, 0.3) is 0 Å². The number of hydrogen-bond donors (Lipinski definition) is 1. The largest absolute Gasteiger partial charge is 0.493 e. The van der Waals surface area contributed by atoms with Gasteiger partial charge in [-0.3, -0.25) is 4.90 Å². The minimum absolute atomic E-state index is 0.134. The van der Waals surface area contributed by atoms with Crippen LogP contribution in [0.1, 0.15) is 13.8 Å². The van der Waals surface area contributed by atoms with E-state index in [1.165, 1.54) is 11.3 Å². The molecule has 2 atom stereocenters. The topological polar surface area (TPSA) is 39.6 Å². The summed E-state index contributed by atoms with van der Waals surface area (Å²) < 4.78 is 0. The molecule has 1 aliphatic heterocycles. The molecule has 0 radical (unpaired) electrons. The van der Waals surface area contributed by atoms with Crippen LogP contribution in [-0.2, 0) is 0 Å². The molecule has 1 fully saturated rings. The molecule has 2 heterocycles. The van der Waals surface area contributed by atoms with Gasteiger partial charge in [-0.2, -0.15) is 4.98 Å². The second-order valence-corrected chi connectivity index (χ2v) is 5.09. The molecule has 1 aromatic rings. The number of likely N-dealkylation sites (N-methyl/N-ethyl adjacent to an activating group) is 1. The van der Waals surface area contributed by atoms with Gasteiger partial charge >= 0.3 is 0 Å². The van der Waals surface area contributed by atoms with Gasteiger partial charge < -0.3 is 10.0 Å². The monoisotopic (exact) mass is 227 g/mol. The molecule has 1 saturated heterocycles. The van der Waals surface area contributed by atoms with Gasteiger partial charge in [0, 0.05) is 25.2 Å². The van der Waals surface area contributed by atoms with Crippen molar-refractivity contribution in [2.45, 2.75) is 25.9 Å². The lowest BCUT2D eigenvalue weighted by atomic mass is 10.1. The Kier molecular flexibility index (Phi) is 2.84. The van der Waals surface area contributed by atoms with E-state index in [4.69, 9.17) is 0 Å². The molecule has 2 rings (SSSR count). The Hall–Kier alpha value is -0.810. The molecule has 4 nitrogen and oxygen atoms in total. The number of nitrogens with zero attached hydrogens (tertiary/aromatic N) is 3. The molecule has 0 amide bonds. The van der Waals surface area contributed by atoms with Crippen molar-refractivity contribution in [3.8, 4) is 5.88 Å². The molecule has 84 valence electrons. The normalized spacial score (nSPS) is 28.3. The molecule has 5 heteroatoms. The molecule has 0 saturated carbocycles. The van der Waals surface area contributed by atoms with Gasteiger partial charge in [-0.25, -0.2) is 0 Å². The molecular weight excluding hydrogens is 210 g/mol. The Bertz CT molecular complexity index is 329. The lowest BCUT2D eigenvalue weighted by molar-refractivity contribution is 0.170. The maximum atomic E-state index is 9.23. The van der Waals surface area contributed by atoms with Crippen molar-refractivity contribution in [3.63, 3.8) is 0 Å². The van der Waals surface area contributed by atoms with E-state index in [1.54, 1.807) is 5.38 Å². The molecule has 0 bridgehead atoms. The fourth-order valence-corrected chi connectivity index (χ4v) is 2.67. The van der Waals surface area contributed by atoms with E-state index in [0.717, 1.165) is 18.2 Å². The van der Waals surface area contributed by atoms with Gasteiger partial charge in [-0.05, 0) is 20.9 Å². The molecule has 15 heavy (non-hydrogen) atoms. The Morgan fingerprint density at radius 2 is 2.00 bits per heavy atom. The Labute approximate surface area is 94.2 Å². The van der Waals surface area contributed by atoms with E-state index in [-0.39, 0.29) is 5.88 Å². The summed E-state index contributed by atoms with van der Waals surface area (Å²) >= 11 is 1.51. The highest BCUT2D eigenvalue weighted by atomic mass is 32.1. The first-order valence-corrected chi connectivity index (χ1v) is 6.07. The smallest absolute Gasteiger partial charge is 0.223 e. The van der Waals surface area contributed by atoms with Crippen molar-refractivity contribution in [2.24, 2.45) is 0 Å². The predicted molar refractivity (Wildman–Crippen MR) is 62.7 cm³/mol. The maximum absolute atomic E-state index is 9.23. The van der Waals surface area contributed by atoms with E-state index in [2.05, 4.69) is 35.7 Å². The van der Waals surface area contributed by atoms with Crippen LogP contribution in [0.15, 0.2) is 5.38 Å². The van der Waals surface area contributed by atoms with Crippen LogP contribution in [0.25, 0.3) is 0 Å². The minimum atomic E-state index is 0.134. The standard InChI is InChI=1S/C10H17N3OS/c1-7-4-13(5-8(2)12(7)3)10-11-9(14)6-15-10/h6-8,14H,4-5H2,1-3H3/t7-,8+. The van der Waals surface area contributed by atoms with E-state index < -0.39 is 0 Å². The highest BCUT2D eigenvalue weighted by Crippen LogP contribution is 2.27. The number of aromatic nitrogens is 1. The fraction of sp³-hybridized carbons (Fsp3) is 0.700. The van der Waals surface area contributed by atoms with E-state index in [1.807, 2.05) is 0 Å². The number of thiazole rings is 1. The van der Waals surface area contributed by atoms with Crippen LogP contribution in [0.4, 0.5) is 5.13 Å². The van der Waals surface area contributed by atoms with Crippen molar-refractivity contribution in [3.05, 3.63) is 5.38 Å². The van der Waals surface area contributed by atoms with Crippen LogP contribution in [0.5, 0.6) is 5.88 Å². The first-order chi connectivity index (χ1) is 7.08. The van der Waals surface area contributed by atoms with E-state index in [0.29, 0.717) is 12.1 Å². The first-order valence-electron chi connectivity index (χ1n) is 5.19. The third-order valence-electron chi connectivity index (χ3n) is 3.11. The zero-order valence-electron chi connectivity index (χ0n) is 9.34. The van der Waals surface area contributed by atoms with Crippen LogP contribution in [0, 0.1) is 0 Å². The molecular formula is C10H17N3OS. The molecule has 0 aromatic carbocycles. The molecule has 1 N–H and O–H groups in total. The molecule has 1 aliphatic rings. The fourth-order valence-electron chi connectivity index (χ4n) is 1.96. The highest BCUT2D eigenvalue weighted by molar-refractivity contribution is 7.13. The van der Waals surface area contributed by atoms with Crippen molar-refractivity contribution in [2.75, 3.05) is 25.0 Å². The first kappa shape index (κ1) is 10.7. The number of hydrogen-bond acceptors (Lipinski definition) is 5. The molecule has 0 aliphatic carbocycles. The SMILES string of the molecule is C[C@@H]1CN(c2nc(O)cs2)C[C@H](C)N1C. The van der Waals surface area contributed by atoms with Crippen molar-refractivity contribution in [1.82, 2.24) is 9.88 Å². The Morgan fingerprint density at radius 3 is 2.47 bits per heavy atom. The summed E-state index contributed by atoms with van der Waals surface area (Å²) in [6.07, 6.45) is 0. The van der Waals surface area contributed by atoms with Gasteiger partial charge in [-0.15, -0.1) is 11.3 Å². The highest BCUT2D eigenvalue weighted by Gasteiger charge is 2.27. The van der Waals surface area contributed by atoms with Crippen LogP contribution < -0.4 is 4.90 Å². The second-order valence-electron chi connectivity index (χ2n) is 4.26. The van der Waals surface area contributed by atoms with E-state index >= 15 is 0 Å². The van der Waals surface area contributed by atoms with Crippen molar-refractivity contribution < 1.29 is 5.11 Å². The zero-order valence-corrected chi connectivity index (χ0v) is 10.2. The summed E-state index contributed by atoms with van der Waals surface area (Å²) in [6.45, 7) is 6.40. The van der Waals surface area contributed by atoms with E-state index in [9.17, 15) is 5.11 Å². The molecule has 1 aromatic heterocycles. The van der Waals surface area contributed by atoms with Crippen LogP contribution >= 0.6 is 11.3 Å². The van der Waals surface area contributed by atoms with Crippen LogP contribution in [0.3, 0.4) is 0 Å². The van der Waals surface area contributed by atoms with Gasteiger partial charge in [0.2, 0.25) is 5.88 Å².